The second-order valence-corrected chi connectivity index (χ2v) is 4.91. The Morgan fingerprint density at radius 3 is 2.67 bits per heavy atom. The molecule has 0 aliphatic heterocycles. The molecule has 2 aromatic rings. The minimum atomic E-state index is 0.0175. The summed E-state index contributed by atoms with van der Waals surface area (Å²) in [6.07, 6.45) is 2.78. The van der Waals surface area contributed by atoms with Crippen LogP contribution in [0.3, 0.4) is 0 Å². The first-order valence-corrected chi connectivity index (χ1v) is 7.41. The first kappa shape index (κ1) is 15.2. The van der Waals surface area contributed by atoms with Gasteiger partial charge in [-0.15, -0.1) is 0 Å². The molecule has 0 spiro atoms. The lowest BCUT2D eigenvalue weighted by Gasteiger charge is -2.00. The number of rotatable bonds is 7. The fraction of sp³-hybridized carbons (Fsp3) is 0.438. The lowest BCUT2D eigenvalue weighted by atomic mass is 10.1. The maximum atomic E-state index is 11.5. The van der Waals surface area contributed by atoms with Crippen LogP contribution >= 0.6 is 0 Å². The SMILES string of the molecule is CCCNC(=O)CCc1nc(-c2ccc(CC)cc2)no1. The van der Waals surface area contributed by atoms with Gasteiger partial charge in [0.1, 0.15) is 0 Å². The molecule has 1 N–H and O–H groups in total. The molecule has 5 heteroatoms. The minimum Gasteiger partial charge on any atom is -0.356 e. The molecule has 0 aliphatic carbocycles. The standard InChI is InChI=1S/C16H21N3O2/c1-3-11-17-14(20)9-10-15-18-16(19-21-15)13-7-5-12(4-2)6-8-13/h5-8H,3-4,9-11H2,1-2H3,(H,17,20). The summed E-state index contributed by atoms with van der Waals surface area (Å²) in [5.41, 5.74) is 2.20. The summed E-state index contributed by atoms with van der Waals surface area (Å²) in [7, 11) is 0. The number of aryl methyl sites for hydroxylation is 2. The number of nitrogens with one attached hydrogen (secondary N) is 1. The molecule has 0 saturated heterocycles. The van der Waals surface area contributed by atoms with E-state index in [4.69, 9.17) is 4.52 Å². The molecule has 1 aromatic carbocycles. The van der Waals surface area contributed by atoms with Crippen molar-refractivity contribution in [2.24, 2.45) is 0 Å². The molecule has 2 rings (SSSR count). The van der Waals surface area contributed by atoms with Gasteiger partial charge >= 0.3 is 0 Å². The molecule has 21 heavy (non-hydrogen) atoms. The summed E-state index contributed by atoms with van der Waals surface area (Å²) < 4.78 is 5.19. The number of benzene rings is 1. The van der Waals surface area contributed by atoms with Gasteiger partial charge in [-0.3, -0.25) is 4.79 Å². The fourth-order valence-corrected chi connectivity index (χ4v) is 1.94. The predicted molar refractivity (Wildman–Crippen MR) is 80.7 cm³/mol. The highest BCUT2D eigenvalue weighted by molar-refractivity contribution is 5.75. The zero-order chi connectivity index (χ0) is 15.1. The van der Waals surface area contributed by atoms with Crippen LogP contribution in [0, 0.1) is 0 Å². The average molecular weight is 287 g/mol. The Morgan fingerprint density at radius 1 is 1.24 bits per heavy atom. The van der Waals surface area contributed by atoms with E-state index in [1.165, 1.54) is 5.56 Å². The van der Waals surface area contributed by atoms with Crippen LogP contribution in [0.15, 0.2) is 28.8 Å². The van der Waals surface area contributed by atoms with Crippen LogP contribution < -0.4 is 5.32 Å². The van der Waals surface area contributed by atoms with Gasteiger partial charge < -0.3 is 9.84 Å². The van der Waals surface area contributed by atoms with Crippen LogP contribution in [0.2, 0.25) is 0 Å². The number of carbonyl (C=O) groups excluding carboxylic acids is 1. The molecule has 0 fully saturated rings. The topological polar surface area (TPSA) is 68.0 Å². The Morgan fingerprint density at radius 2 is 2.00 bits per heavy atom. The summed E-state index contributed by atoms with van der Waals surface area (Å²) in [5, 5.41) is 6.79. The molecule has 0 bridgehead atoms. The highest BCUT2D eigenvalue weighted by Gasteiger charge is 2.10. The molecule has 1 heterocycles. The van der Waals surface area contributed by atoms with Crippen LogP contribution in [-0.4, -0.2) is 22.6 Å². The molecule has 5 nitrogen and oxygen atoms in total. The van der Waals surface area contributed by atoms with Gasteiger partial charge in [0.05, 0.1) is 0 Å². The van der Waals surface area contributed by atoms with Crippen LogP contribution in [-0.2, 0) is 17.6 Å². The number of hydrogen-bond acceptors (Lipinski definition) is 4. The van der Waals surface area contributed by atoms with E-state index in [0.717, 1.165) is 18.4 Å². The third-order valence-corrected chi connectivity index (χ3v) is 3.23. The second kappa shape index (κ2) is 7.57. The number of aromatic nitrogens is 2. The van der Waals surface area contributed by atoms with E-state index < -0.39 is 0 Å². The van der Waals surface area contributed by atoms with Crippen molar-refractivity contribution >= 4 is 5.91 Å². The summed E-state index contributed by atoms with van der Waals surface area (Å²) >= 11 is 0. The van der Waals surface area contributed by atoms with Crippen LogP contribution in [0.5, 0.6) is 0 Å². The van der Waals surface area contributed by atoms with E-state index >= 15 is 0 Å². The molecule has 0 radical (unpaired) electrons. The Balaban J connectivity index is 1.92. The van der Waals surface area contributed by atoms with Crippen molar-refractivity contribution in [1.82, 2.24) is 15.5 Å². The zero-order valence-electron chi connectivity index (χ0n) is 12.6. The molecule has 0 saturated carbocycles. The first-order valence-electron chi connectivity index (χ1n) is 7.41. The predicted octanol–water partition coefficient (Wildman–Crippen LogP) is 2.76. The van der Waals surface area contributed by atoms with E-state index in [1.54, 1.807) is 0 Å². The van der Waals surface area contributed by atoms with Gasteiger partial charge in [0, 0.05) is 24.9 Å². The molecular weight excluding hydrogens is 266 g/mol. The van der Waals surface area contributed by atoms with E-state index in [-0.39, 0.29) is 5.91 Å². The molecular formula is C16H21N3O2. The van der Waals surface area contributed by atoms with Crippen molar-refractivity contribution < 1.29 is 9.32 Å². The quantitative estimate of drug-likeness (QED) is 0.850. The normalized spacial score (nSPS) is 10.6. The number of amides is 1. The fourth-order valence-electron chi connectivity index (χ4n) is 1.94. The van der Waals surface area contributed by atoms with Gasteiger partial charge in [-0.2, -0.15) is 4.98 Å². The average Bonchev–Trinajstić information content (AvgIpc) is 3.00. The van der Waals surface area contributed by atoms with E-state index in [0.29, 0.717) is 31.1 Å². The van der Waals surface area contributed by atoms with Crippen molar-refractivity contribution in [2.45, 2.75) is 39.5 Å². The Labute approximate surface area is 124 Å². The molecule has 0 atom stereocenters. The largest absolute Gasteiger partial charge is 0.356 e. The van der Waals surface area contributed by atoms with Gasteiger partial charge in [0.2, 0.25) is 17.6 Å². The lowest BCUT2D eigenvalue weighted by Crippen LogP contribution is -2.24. The third kappa shape index (κ3) is 4.41. The zero-order valence-corrected chi connectivity index (χ0v) is 12.6. The third-order valence-electron chi connectivity index (χ3n) is 3.23. The summed E-state index contributed by atoms with van der Waals surface area (Å²) in [4.78, 5) is 15.9. The number of carbonyl (C=O) groups is 1. The lowest BCUT2D eigenvalue weighted by molar-refractivity contribution is -0.121. The van der Waals surface area contributed by atoms with Gasteiger partial charge in [-0.1, -0.05) is 43.3 Å². The van der Waals surface area contributed by atoms with Crippen molar-refractivity contribution in [1.29, 1.82) is 0 Å². The molecule has 1 amide bonds. The number of hydrogen-bond donors (Lipinski definition) is 1. The minimum absolute atomic E-state index is 0.0175. The maximum Gasteiger partial charge on any atom is 0.227 e. The second-order valence-electron chi connectivity index (χ2n) is 4.91. The van der Waals surface area contributed by atoms with E-state index in [2.05, 4.69) is 34.5 Å². The first-order chi connectivity index (χ1) is 10.2. The molecule has 0 unspecified atom stereocenters. The van der Waals surface area contributed by atoms with Gasteiger partial charge in [-0.05, 0) is 18.4 Å². The van der Waals surface area contributed by atoms with E-state index in [1.807, 2.05) is 19.1 Å². The maximum absolute atomic E-state index is 11.5. The van der Waals surface area contributed by atoms with Gasteiger partial charge in [0.15, 0.2) is 0 Å². The van der Waals surface area contributed by atoms with Crippen molar-refractivity contribution in [2.75, 3.05) is 6.54 Å². The Bertz CT molecular complexity index is 575. The number of nitrogens with zero attached hydrogens (tertiary/aromatic N) is 2. The monoisotopic (exact) mass is 287 g/mol. The van der Waals surface area contributed by atoms with E-state index in [9.17, 15) is 4.79 Å². The summed E-state index contributed by atoms with van der Waals surface area (Å²) in [5.74, 6) is 1.08. The van der Waals surface area contributed by atoms with Crippen molar-refractivity contribution in [3.63, 3.8) is 0 Å². The van der Waals surface area contributed by atoms with Gasteiger partial charge in [-0.25, -0.2) is 0 Å². The highest BCUT2D eigenvalue weighted by atomic mass is 16.5. The Kier molecular flexibility index (Phi) is 5.49. The molecule has 0 aliphatic rings. The molecule has 112 valence electrons. The smallest absolute Gasteiger partial charge is 0.227 e. The summed E-state index contributed by atoms with van der Waals surface area (Å²) in [6.45, 7) is 4.84. The van der Waals surface area contributed by atoms with Crippen molar-refractivity contribution in [3.8, 4) is 11.4 Å². The highest BCUT2D eigenvalue weighted by Crippen LogP contribution is 2.17. The van der Waals surface area contributed by atoms with Gasteiger partial charge in [0.25, 0.3) is 0 Å². The Hall–Kier alpha value is -2.17. The van der Waals surface area contributed by atoms with Crippen molar-refractivity contribution in [3.05, 3.63) is 35.7 Å². The van der Waals surface area contributed by atoms with Crippen LogP contribution in [0.25, 0.3) is 11.4 Å². The molecule has 1 aromatic heterocycles. The van der Waals surface area contributed by atoms with Crippen LogP contribution in [0.4, 0.5) is 0 Å². The van der Waals surface area contributed by atoms with Crippen LogP contribution in [0.1, 0.15) is 38.1 Å². The summed E-state index contributed by atoms with van der Waals surface area (Å²) in [6, 6.07) is 8.09.